The molecule has 0 bridgehead atoms. The lowest BCUT2D eigenvalue weighted by atomic mass is 10.0. The molecule has 5 nitrogen and oxygen atoms in total. The number of rotatable bonds is 3. The molecule has 1 aliphatic rings. The van der Waals surface area contributed by atoms with Gasteiger partial charge in [0.15, 0.2) is 0 Å². The fraction of sp³-hybridized carbons (Fsp3) is 0.136. The number of anilines is 2. The van der Waals surface area contributed by atoms with E-state index in [-0.39, 0.29) is 15.6 Å². The summed E-state index contributed by atoms with van der Waals surface area (Å²) in [5.74, 6) is -0.833. The van der Waals surface area contributed by atoms with Gasteiger partial charge in [-0.05, 0) is 43.3 Å². The van der Waals surface area contributed by atoms with Crippen LogP contribution in [0, 0.1) is 6.92 Å². The second-order valence-corrected chi connectivity index (χ2v) is 9.51. The van der Waals surface area contributed by atoms with Crippen LogP contribution in [0.4, 0.5) is 24.5 Å². The van der Waals surface area contributed by atoms with E-state index in [1.807, 2.05) is 13.0 Å². The first-order chi connectivity index (χ1) is 15.0. The van der Waals surface area contributed by atoms with E-state index in [4.69, 9.17) is 11.6 Å². The molecular formula is C22H16ClF3N2O3S. The normalized spacial score (nSPS) is 14.5. The summed E-state index contributed by atoms with van der Waals surface area (Å²) in [6.45, 7) is 1.22. The van der Waals surface area contributed by atoms with E-state index in [2.05, 4.69) is 5.32 Å². The second-order valence-electron chi connectivity index (χ2n) is 7.27. The minimum Gasteiger partial charge on any atom is -0.323 e. The molecule has 0 fully saturated rings. The number of fused-ring (bicyclic) bond motifs is 3. The van der Waals surface area contributed by atoms with Crippen LogP contribution in [0.5, 0.6) is 0 Å². The number of halogens is 4. The zero-order valence-electron chi connectivity index (χ0n) is 16.6. The third kappa shape index (κ3) is 3.93. The minimum absolute atomic E-state index is 0.0444. The van der Waals surface area contributed by atoms with Gasteiger partial charge < -0.3 is 5.32 Å². The Morgan fingerprint density at radius 2 is 1.75 bits per heavy atom. The highest BCUT2D eigenvalue weighted by atomic mass is 35.5. The van der Waals surface area contributed by atoms with Crippen LogP contribution in [0.2, 0.25) is 5.02 Å². The summed E-state index contributed by atoms with van der Waals surface area (Å²) in [4.78, 5) is 12.8. The predicted octanol–water partition coefficient (Wildman–Crippen LogP) is 5.48. The standard InChI is InChI=1S/C22H16ClF3N2O3S/c1-13-6-9-19-16(10-13)15-4-2-3-5-20(15)32(30,31)28(19)12-21(29)27-18-11-14(22(24,25)26)7-8-17(18)23/h2-11H,12H2,1H3,(H,27,29). The number of hydrogen-bond donors (Lipinski definition) is 1. The topological polar surface area (TPSA) is 66.5 Å². The summed E-state index contributed by atoms with van der Waals surface area (Å²) in [5.41, 5.74) is 1.12. The van der Waals surface area contributed by atoms with Gasteiger partial charge in [0.25, 0.3) is 10.0 Å². The highest BCUT2D eigenvalue weighted by Crippen LogP contribution is 2.43. The molecule has 0 aliphatic carbocycles. The summed E-state index contributed by atoms with van der Waals surface area (Å²) in [6.07, 6.45) is -4.62. The van der Waals surface area contributed by atoms with E-state index in [9.17, 15) is 26.4 Å². The molecule has 32 heavy (non-hydrogen) atoms. The summed E-state index contributed by atoms with van der Waals surface area (Å²) >= 11 is 5.94. The molecule has 0 saturated heterocycles. The maximum atomic E-state index is 13.3. The molecule has 1 N–H and O–H groups in total. The Labute approximate surface area is 187 Å². The number of carbonyl (C=O) groups is 1. The lowest BCUT2D eigenvalue weighted by Gasteiger charge is -2.32. The monoisotopic (exact) mass is 480 g/mol. The fourth-order valence-electron chi connectivity index (χ4n) is 3.53. The molecule has 0 unspecified atom stereocenters. The predicted molar refractivity (Wildman–Crippen MR) is 116 cm³/mol. The van der Waals surface area contributed by atoms with Gasteiger partial charge >= 0.3 is 6.18 Å². The third-order valence-corrected chi connectivity index (χ3v) is 7.17. The van der Waals surface area contributed by atoms with Crippen molar-refractivity contribution in [1.29, 1.82) is 0 Å². The summed E-state index contributed by atoms with van der Waals surface area (Å²) in [7, 11) is -4.08. The zero-order chi connectivity index (χ0) is 23.3. The Bertz CT molecular complexity index is 1340. The van der Waals surface area contributed by atoms with Crippen LogP contribution in [-0.4, -0.2) is 20.9 Å². The average Bonchev–Trinajstić information content (AvgIpc) is 2.72. The van der Waals surface area contributed by atoms with E-state index in [0.29, 0.717) is 22.9 Å². The molecule has 166 valence electrons. The molecule has 1 heterocycles. The maximum Gasteiger partial charge on any atom is 0.416 e. The number of alkyl halides is 3. The lowest BCUT2D eigenvalue weighted by Crippen LogP contribution is -2.40. The van der Waals surface area contributed by atoms with E-state index in [0.717, 1.165) is 22.0 Å². The molecule has 0 aromatic heterocycles. The van der Waals surface area contributed by atoms with Crippen molar-refractivity contribution in [3.63, 3.8) is 0 Å². The number of carbonyl (C=O) groups excluding carboxylic acids is 1. The molecule has 1 amide bonds. The van der Waals surface area contributed by atoms with Crippen molar-refractivity contribution in [2.24, 2.45) is 0 Å². The van der Waals surface area contributed by atoms with E-state index < -0.39 is 34.2 Å². The van der Waals surface area contributed by atoms with Crippen LogP contribution >= 0.6 is 11.6 Å². The van der Waals surface area contributed by atoms with Crippen LogP contribution in [0.1, 0.15) is 11.1 Å². The lowest BCUT2D eigenvalue weighted by molar-refractivity contribution is -0.137. The molecule has 10 heteroatoms. The molecule has 0 spiro atoms. The Kier molecular flexibility index (Phi) is 5.42. The van der Waals surface area contributed by atoms with Crippen LogP contribution < -0.4 is 9.62 Å². The van der Waals surface area contributed by atoms with Crippen LogP contribution in [0.15, 0.2) is 65.6 Å². The molecular weight excluding hydrogens is 465 g/mol. The summed E-state index contributed by atoms with van der Waals surface area (Å²) < 4.78 is 66.5. The van der Waals surface area contributed by atoms with Gasteiger partial charge in [0, 0.05) is 11.1 Å². The number of sulfonamides is 1. The summed E-state index contributed by atoms with van der Waals surface area (Å²) in [6, 6.07) is 14.1. The maximum absolute atomic E-state index is 13.3. The number of aryl methyl sites for hydroxylation is 1. The SMILES string of the molecule is Cc1ccc2c(c1)-c1ccccc1S(=O)(=O)N2CC(=O)Nc1cc(C(F)(F)F)ccc1Cl. The van der Waals surface area contributed by atoms with Crippen molar-refractivity contribution in [3.05, 3.63) is 76.8 Å². The Balaban J connectivity index is 1.70. The number of amides is 1. The van der Waals surface area contributed by atoms with Gasteiger partial charge in [0.05, 0.1) is 26.9 Å². The van der Waals surface area contributed by atoms with Crippen LogP contribution in [-0.2, 0) is 21.0 Å². The van der Waals surface area contributed by atoms with Gasteiger partial charge in [-0.25, -0.2) is 8.42 Å². The number of nitrogens with zero attached hydrogens (tertiary/aromatic N) is 1. The first-order valence-corrected chi connectivity index (χ1v) is 11.2. The van der Waals surface area contributed by atoms with E-state index >= 15 is 0 Å². The summed E-state index contributed by atoms with van der Waals surface area (Å²) in [5, 5.41) is 2.19. The first-order valence-electron chi connectivity index (χ1n) is 9.38. The molecule has 3 aromatic carbocycles. The molecule has 0 saturated carbocycles. The number of benzene rings is 3. The third-order valence-electron chi connectivity index (χ3n) is 5.02. The van der Waals surface area contributed by atoms with Gasteiger partial charge in [-0.2, -0.15) is 13.2 Å². The zero-order valence-corrected chi connectivity index (χ0v) is 18.1. The van der Waals surface area contributed by atoms with Crippen molar-refractivity contribution in [1.82, 2.24) is 0 Å². The fourth-order valence-corrected chi connectivity index (χ4v) is 5.35. The molecule has 1 aliphatic heterocycles. The largest absolute Gasteiger partial charge is 0.416 e. The Morgan fingerprint density at radius 3 is 2.47 bits per heavy atom. The number of nitrogens with one attached hydrogen (secondary N) is 1. The molecule has 3 aromatic rings. The van der Waals surface area contributed by atoms with Crippen LogP contribution in [0.25, 0.3) is 11.1 Å². The quantitative estimate of drug-likeness (QED) is 0.539. The van der Waals surface area contributed by atoms with Crippen LogP contribution in [0.3, 0.4) is 0 Å². The highest BCUT2D eigenvalue weighted by molar-refractivity contribution is 7.93. The van der Waals surface area contributed by atoms with Gasteiger partial charge in [0.2, 0.25) is 5.91 Å². The van der Waals surface area contributed by atoms with E-state index in [1.165, 1.54) is 6.07 Å². The minimum atomic E-state index is -4.62. The second kappa shape index (κ2) is 7.83. The molecule has 4 rings (SSSR count). The highest BCUT2D eigenvalue weighted by Gasteiger charge is 2.36. The smallest absolute Gasteiger partial charge is 0.323 e. The van der Waals surface area contributed by atoms with Gasteiger partial charge in [-0.15, -0.1) is 0 Å². The van der Waals surface area contributed by atoms with Gasteiger partial charge in [0.1, 0.15) is 6.54 Å². The van der Waals surface area contributed by atoms with Crippen molar-refractivity contribution in [3.8, 4) is 11.1 Å². The van der Waals surface area contributed by atoms with Crippen molar-refractivity contribution in [2.75, 3.05) is 16.2 Å². The molecule has 0 atom stereocenters. The Morgan fingerprint density at radius 1 is 1.03 bits per heavy atom. The Hall–Kier alpha value is -3.04. The van der Waals surface area contributed by atoms with E-state index in [1.54, 1.807) is 30.3 Å². The average molecular weight is 481 g/mol. The van der Waals surface area contributed by atoms with Crippen molar-refractivity contribution < 1.29 is 26.4 Å². The number of hydrogen-bond acceptors (Lipinski definition) is 3. The van der Waals surface area contributed by atoms with Crippen molar-refractivity contribution in [2.45, 2.75) is 18.0 Å². The first kappa shape index (κ1) is 22.2. The van der Waals surface area contributed by atoms with Gasteiger partial charge in [-0.1, -0.05) is 41.4 Å². The molecule has 0 radical (unpaired) electrons. The van der Waals surface area contributed by atoms with Crippen molar-refractivity contribution >= 4 is 38.9 Å². The van der Waals surface area contributed by atoms with Gasteiger partial charge in [-0.3, -0.25) is 9.10 Å².